The Labute approximate surface area is 157 Å². The van der Waals surface area contributed by atoms with E-state index < -0.39 is 0 Å². The number of nitrogen functional groups attached to an aromatic ring is 1. The maximum Gasteiger partial charge on any atom is 0.253 e. The Kier molecular flexibility index (Phi) is 4.46. The lowest BCUT2D eigenvalue weighted by molar-refractivity contribution is 0.290. The van der Waals surface area contributed by atoms with Crippen LogP contribution in [0.2, 0.25) is 0 Å². The van der Waals surface area contributed by atoms with Gasteiger partial charge in [-0.1, -0.05) is 72.8 Å². The van der Waals surface area contributed by atoms with Gasteiger partial charge in [0.2, 0.25) is 0 Å². The number of rotatable bonds is 5. The number of nitrogens with zero attached hydrogens (tertiary/aromatic N) is 3. The smallest absolute Gasteiger partial charge is 0.253 e. The Bertz CT molecular complexity index is 1120. The van der Waals surface area contributed by atoms with Gasteiger partial charge in [-0.25, -0.2) is 4.68 Å². The van der Waals surface area contributed by atoms with E-state index in [2.05, 4.69) is 29.4 Å². The van der Waals surface area contributed by atoms with Crippen molar-refractivity contribution in [1.82, 2.24) is 9.78 Å². The molecule has 0 saturated carbocycles. The lowest BCUT2D eigenvalue weighted by Crippen LogP contribution is -2.06. The third-order valence-corrected chi connectivity index (χ3v) is 4.49. The van der Waals surface area contributed by atoms with Gasteiger partial charge in [-0.2, -0.15) is 5.26 Å². The molecule has 0 aliphatic carbocycles. The summed E-state index contributed by atoms with van der Waals surface area (Å²) in [7, 11) is 0. The fraction of sp³-hybridized carbons (Fsp3) is 0.0909. The second-order valence-electron chi connectivity index (χ2n) is 6.25. The molecule has 0 amide bonds. The second kappa shape index (κ2) is 7.22. The molecule has 1 heterocycles. The van der Waals surface area contributed by atoms with Crippen LogP contribution < -0.4 is 10.5 Å². The molecule has 2 N–H and O–H groups in total. The van der Waals surface area contributed by atoms with Gasteiger partial charge in [0.25, 0.3) is 5.88 Å². The highest BCUT2D eigenvalue weighted by Gasteiger charge is 2.17. The number of nitrogens with two attached hydrogens (primary N) is 1. The van der Waals surface area contributed by atoms with Gasteiger partial charge < -0.3 is 10.5 Å². The first-order chi connectivity index (χ1) is 13.3. The first-order valence-electron chi connectivity index (χ1n) is 8.66. The van der Waals surface area contributed by atoms with Gasteiger partial charge in [0.15, 0.2) is 5.56 Å². The van der Waals surface area contributed by atoms with Gasteiger partial charge >= 0.3 is 0 Å². The second-order valence-corrected chi connectivity index (χ2v) is 6.25. The number of hydrogen-bond donors (Lipinski definition) is 1. The van der Waals surface area contributed by atoms with Crippen LogP contribution in [-0.4, -0.2) is 9.78 Å². The van der Waals surface area contributed by atoms with Crippen LogP contribution in [-0.2, 0) is 13.2 Å². The minimum atomic E-state index is 0.263. The number of anilines is 1. The standard InChI is InChI=1S/C22H18N4O/c23-13-20-21(24)26(14-16-7-2-1-3-8-16)25-22(20)27-15-18-11-6-10-17-9-4-5-12-19(17)18/h1-12H,14-15,24H2. The topological polar surface area (TPSA) is 76.9 Å². The monoisotopic (exact) mass is 354 g/mol. The molecule has 0 aliphatic heterocycles. The molecule has 4 aromatic rings. The summed E-state index contributed by atoms with van der Waals surface area (Å²) in [6.45, 7) is 0.802. The first-order valence-corrected chi connectivity index (χ1v) is 8.66. The lowest BCUT2D eigenvalue weighted by Gasteiger charge is -2.07. The fourth-order valence-electron chi connectivity index (χ4n) is 3.10. The summed E-state index contributed by atoms with van der Waals surface area (Å²) in [6.07, 6.45) is 0. The first kappa shape index (κ1) is 16.7. The molecule has 4 rings (SSSR count). The molecule has 5 heteroatoms. The summed E-state index contributed by atoms with van der Waals surface area (Å²) in [5.74, 6) is 0.577. The number of aromatic nitrogens is 2. The summed E-state index contributed by atoms with van der Waals surface area (Å²) in [6, 6.07) is 26.2. The highest BCUT2D eigenvalue weighted by Crippen LogP contribution is 2.26. The third-order valence-electron chi connectivity index (χ3n) is 4.49. The van der Waals surface area contributed by atoms with Crippen LogP contribution in [0.4, 0.5) is 5.82 Å². The van der Waals surface area contributed by atoms with Crippen LogP contribution >= 0.6 is 0 Å². The maximum atomic E-state index is 9.48. The zero-order valence-corrected chi connectivity index (χ0v) is 14.7. The van der Waals surface area contributed by atoms with Crippen molar-refractivity contribution in [1.29, 1.82) is 5.26 Å². The predicted molar refractivity (Wildman–Crippen MR) is 105 cm³/mol. The van der Waals surface area contributed by atoms with E-state index in [0.29, 0.717) is 19.0 Å². The summed E-state index contributed by atoms with van der Waals surface area (Å²) in [5.41, 5.74) is 8.48. The average Bonchev–Trinajstić information content (AvgIpc) is 3.01. The molecule has 132 valence electrons. The maximum absolute atomic E-state index is 9.48. The number of nitriles is 1. The highest BCUT2D eigenvalue weighted by atomic mass is 16.5. The van der Waals surface area contributed by atoms with Crippen LogP contribution in [0.3, 0.4) is 0 Å². The summed E-state index contributed by atoms with van der Waals surface area (Å²) in [4.78, 5) is 0. The van der Waals surface area contributed by atoms with Crippen molar-refractivity contribution in [3.8, 4) is 11.9 Å². The molecule has 0 radical (unpaired) electrons. The molecule has 0 atom stereocenters. The van der Waals surface area contributed by atoms with Gasteiger partial charge in [-0.05, 0) is 21.9 Å². The molecule has 0 spiro atoms. The predicted octanol–water partition coefficient (Wildman–Crippen LogP) is 4.12. The van der Waals surface area contributed by atoms with E-state index in [0.717, 1.165) is 21.9 Å². The molecule has 0 fully saturated rings. The van der Waals surface area contributed by atoms with Crippen molar-refractivity contribution in [2.24, 2.45) is 0 Å². The number of ether oxygens (including phenoxy) is 1. The summed E-state index contributed by atoms with van der Waals surface area (Å²) < 4.78 is 7.49. The number of fused-ring (bicyclic) bond motifs is 1. The van der Waals surface area contributed by atoms with Crippen LogP contribution in [0.25, 0.3) is 10.8 Å². The van der Waals surface area contributed by atoms with Crippen molar-refractivity contribution in [3.63, 3.8) is 0 Å². The van der Waals surface area contributed by atoms with Crippen LogP contribution in [0, 0.1) is 11.3 Å². The van der Waals surface area contributed by atoms with Crippen LogP contribution in [0.5, 0.6) is 5.88 Å². The van der Waals surface area contributed by atoms with Gasteiger partial charge in [0, 0.05) is 0 Å². The summed E-state index contributed by atoms with van der Waals surface area (Å²) >= 11 is 0. The van der Waals surface area contributed by atoms with Gasteiger partial charge in [0.1, 0.15) is 18.5 Å². The van der Waals surface area contributed by atoms with E-state index in [1.165, 1.54) is 0 Å². The minimum absolute atomic E-state index is 0.263. The minimum Gasteiger partial charge on any atom is -0.471 e. The van der Waals surface area contributed by atoms with Crippen LogP contribution in [0.1, 0.15) is 16.7 Å². The molecule has 27 heavy (non-hydrogen) atoms. The molecular weight excluding hydrogens is 336 g/mol. The third kappa shape index (κ3) is 3.33. The highest BCUT2D eigenvalue weighted by molar-refractivity contribution is 5.85. The summed E-state index contributed by atoms with van der Waals surface area (Å²) in [5, 5.41) is 16.2. The molecule has 0 aliphatic rings. The Morgan fingerprint density at radius 2 is 1.70 bits per heavy atom. The van der Waals surface area contributed by atoms with E-state index >= 15 is 0 Å². The van der Waals surface area contributed by atoms with Gasteiger partial charge in [-0.15, -0.1) is 5.10 Å². The van der Waals surface area contributed by atoms with E-state index in [1.807, 2.05) is 54.6 Å². The zero-order chi connectivity index (χ0) is 18.6. The molecule has 0 saturated heterocycles. The SMILES string of the molecule is N#Cc1c(OCc2cccc3ccccc23)nn(Cc2ccccc2)c1N. The Balaban J connectivity index is 1.60. The van der Waals surface area contributed by atoms with E-state index in [4.69, 9.17) is 10.5 Å². The molecular formula is C22H18N4O. The van der Waals surface area contributed by atoms with E-state index in [9.17, 15) is 5.26 Å². The van der Waals surface area contributed by atoms with Crippen molar-refractivity contribution in [3.05, 3.63) is 89.5 Å². The van der Waals surface area contributed by atoms with Crippen molar-refractivity contribution in [2.45, 2.75) is 13.2 Å². The normalized spacial score (nSPS) is 10.6. The van der Waals surface area contributed by atoms with Crippen molar-refractivity contribution >= 4 is 16.6 Å². The zero-order valence-electron chi connectivity index (χ0n) is 14.7. The van der Waals surface area contributed by atoms with Gasteiger partial charge in [0.05, 0.1) is 6.54 Å². The van der Waals surface area contributed by atoms with Gasteiger partial charge in [-0.3, -0.25) is 0 Å². The Hall–Kier alpha value is -3.78. The number of hydrogen-bond acceptors (Lipinski definition) is 4. The molecule has 1 aromatic heterocycles. The lowest BCUT2D eigenvalue weighted by atomic mass is 10.1. The molecule has 0 bridgehead atoms. The van der Waals surface area contributed by atoms with Crippen molar-refractivity contribution < 1.29 is 4.74 Å². The average molecular weight is 354 g/mol. The Morgan fingerprint density at radius 3 is 2.52 bits per heavy atom. The fourth-order valence-corrected chi connectivity index (χ4v) is 3.10. The molecule has 5 nitrogen and oxygen atoms in total. The van der Waals surface area contributed by atoms with E-state index in [1.54, 1.807) is 4.68 Å². The largest absolute Gasteiger partial charge is 0.471 e. The molecule has 0 unspecified atom stereocenters. The quantitative estimate of drug-likeness (QED) is 0.585. The molecule has 3 aromatic carbocycles. The van der Waals surface area contributed by atoms with Crippen LogP contribution in [0.15, 0.2) is 72.8 Å². The van der Waals surface area contributed by atoms with E-state index in [-0.39, 0.29) is 11.4 Å². The number of benzene rings is 3. The Morgan fingerprint density at radius 1 is 0.963 bits per heavy atom. The van der Waals surface area contributed by atoms with Crippen molar-refractivity contribution in [2.75, 3.05) is 5.73 Å².